The number of pyridine rings is 1. The second kappa shape index (κ2) is 10.4. The third-order valence-electron chi connectivity index (χ3n) is 6.02. The molecule has 0 fully saturated rings. The van der Waals surface area contributed by atoms with Crippen LogP contribution in [0.4, 0.5) is 5.82 Å². The lowest BCUT2D eigenvalue weighted by Crippen LogP contribution is -2.35. The number of nitrogens with one attached hydrogen (secondary N) is 2. The highest BCUT2D eigenvalue weighted by atomic mass is 16.2. The van der Waals surface area contributed by atoms with Gasteiger partial charge in [-0.25, -0.2) is 4.98 Å². The molecular weight excluding hydrogens is 422 g/mol. The van der Waals surface area contributed by atoms with Crippen molar-refractivity contribution in [2.45, 2.75) is 32.7 Å². The predicted molar refractivity (Wildman–Crippen MR) is 137 cm³/mol. The number of carbonyl (C=O) groups excluding carboxylic acids is 1. The lowest BCUT2D eigenvalue weighted by atomic mass is 9.98. The van der Waals surface area contributed by atoms with Gasteiger partial charge in [-0.2, -0.15) is 5.10 Å². The van der Waals surface area contributed by atoms with E-state index in [1.54, 1.807) is 4.68 Å². The summed E-state index contributed by atoms with van der Waals surface area (Å²) in [6.07, 6.45) is 3.76. The summed E-state index contributed by atoms with van der Waals surface area (Å²) in [5.41, 5.74) is 6.23. The van der Waals surface area contributed by atoms with Crippen molar-refractivity contribution in [1.82, 2.24) is 20.1 Å². The summed E-state index contributed by atoms with van der Waals surface area (Å²) < 4.78 is 1.76. The molecule has 0 spiro atoms. The Kier molecular flexibility index (Phi) is 7.18. The molecule has 2 heterocycles. The molecule has 2 N–H and O–H groups in total. The van der Waals surface area contributed by atoms with Crippen LogP contribution in [-0.2, 0) is 11.8 Å². The van der Waals surface area contributed by atoms with E-state index < -0.39 is 6.04 Å². The van der Waals surface area contributed by atoms with E-state index in [0.717, 1.165) is 22.4 Å². The largest absolute Gasteiger partial charge is 0.309 e. The molecule has 34 heavy (non-hydrogen) atoms. The van der Waals surface area contributed by atoms with E-state index in [0.29, 0.717) is 12.4 Å². The summed E-state index contributed by atoms with van der Waals surface area (Å²) in [6, 6.07) is 21.7. The predicted octanol–water partition coefficient (Wildman–Crippen LogP) is 5.17. The first-order valence-electron chi connectivity index (χ1n) is 11.5. The fourth-order valence-corrected chi connectivity index (χ4v) is 4.01. The highest BCUT2D eigenvalue weighted by Gasteiger charge is 2.22. The number of hydrogen-bond donors (Lipinski definition) is 2. The smallest absolute Gasteiger partial charge is 0.247 e. The molecule has 0 aliphatic heterocycles. The van der Waals surface area contributed by atoms with Crippen LogP contribution in [0.2, 0.25) is 0 Å². The van der Waals surface area contributed by atoms with Gasteiger partial charge in [0.15, 0.2) is 0 Å². The van der Waals surface area contributed by atoms with Gasteiger partial charge in [0.25, 0.3) is 0 Å². The summed E-state index contributed by atoms with van der Waals surface area (Å²) in [5, 5.41) is 10.7. The molecular formula is C28H31N5O. The number of hydrogen-bond acceptors (Lipinski definition) is 4. The Labute approximate surface area is 201 Å². The zero-order valence-electron chi connectivity index (χ0n) is 20.1. The first kappa shape index (κ1) is 23.4. The fourth-order valence-electron chi connectivity index (χ4n) is 4.01. The van der Waals surface area contributed by atoms with Gasteiger partial charge >= 0.3 is 0 Å². The zero-order chi connectivity index (χ0) is 24.1. The summed E-state index contributed by atoms with van der Waals surface area (Å²) in [6.45, 7) is 6.86. The van der Waals surface area contributed by atoms with Gasteiger partial charge in [-0.1, -0.05) is 67.1 Å². The van der Waals surface area contributed by atoms with Gasteiger partial charge in [0.2, 0.25) is 5.91 Å². The summed E-state index contributed by atoms with van der Waals surface area (Å²) >= 11 is 0. The molecule has 6 heteroatoms. The van der Waals surface area contributed by atoms with Gasteiger partial charge in [0.1, 0.15) is 11.9 Å². The molecule has 6 nitrogen and oxygen atoms in total. The van der Waals surface area contributed by atoms with Crippen molar-refractivity contribution in [3.8, 4) is 11.1 Å². The quantitative estimate of drug-likeness (QED) is 0.386. The first-order chi connectivity index (χ1) is 16.4. The van der Waals surface area contributed by atoms with Crippen LogP contribution in [0, 0.1) is 13.8 Å². The SMILES string of the molecule is Cc1ccc([C@@H](C)CN[C@H](C(=O)Nc2ccc(-c3cnn(C)c3)c(C)n2)c2ccccc2)cc1. The Hall–Kier alpha value is -3.77. The normalized spacial score (nSPS) is 12.8. The number of aryl methyl sites for hydroxylation is 3. The van der Waals surface area contributed by atoms with Crippen molar-refractivity contribution in [3.05, 3.63) is 102 Å². The monoisotopic (exact) mass is 453 g/mol. The minimum atomic E-state index is -0.491. The number of anilines is 1. The Balaban J connectivity index is 1.49. The van der Waals surface area contributed by atoms with Gasteiger partial charge in [-0.15, -0.1) is 0 Å². The van der Waals surface area contributed by atoms with Crippen LogP contribution in [-0.4, -0.2) is 27.2 Å². The lowest BCUT2D eigenvalue weighted by Gasteiger charge is -2.21. The molecule has 4 aromatic rings. The Morgan fingerprint density at radius 2 is 1.71 bits per heavy atom. The molecule has 4 rings (SSSR count). The number of carbonyl (C=O) groups is 1. The molecule has 0 saturated heterocycles. The van der Waals surface area contributed by atoms with Crippen molar-refractivity contribution in [1.29, 1.82) is 0 Å². The van der Waals surface area contributed by atoms with Crippen LogP contribution in [0.3, 0.4) is 0 Å². The topological polar surface area (TPSA) is 71.8 Å². The van der Waals surface area contributed by atoms with Crippen LogP contribution >= 0.6 is 0 Å². The summed E-state index contributed by atoms with van der Waals surface area (Å²) in [5.74, 6) is 0.659. The van der Waals surface area contributed by atoms with E-state index in [-0.39, 0.29) is 11.8 Å². The van der Waals surface area contributed by atoms with Crippen molar-refractivity contribution in [3.63, 3.8) is 0 Å². The third kappa shape index (κ3) is 5.58. The molecule has 2 aromatic heterocycles. The Morgan fingerprint density at radius 1 is 0.971 bits per heavy atom. The Morgan fingerprint density at radius 3 is 2.35 bits per heavy atom. The highest BCUT2D eigenvalue weighted by Crippen LogP contribution is 2.24. The average molecular weight is 454 g/mol. The molecule has 174 valence electrons. The molecule has 0 radical (unpaired) electrons. The number of benzene rings is 2. The molecule has 0 unspecified atom stereocenters. The second-order valence-electron chi connectivity index (χ2n) is 8.79. The van der Waals surface area contributed by atoms with Gasteiger partial charge in [0, 0.05) is 36.6 Å². The maximum atomic E-state index is 13.3. The number of nitrogens with zero attached hydrogens (tertiary/aromatic N) is 3. The lowest BCUT2D eigenvalue weighted by molar-refractivity contribution is -0.118. The van der Waals surface area contributed by atoms with Crippen molar-refractivity contribution < 1.29 is 4.79 Å². The van der Waals surface area contributed by atoms with E-state index >= 15 is 0 Å². The van der Waals surface area contributed by atoms with Gasteiger partial charge < -0.3 is 10.6 Å². The van der Waals surface area contributed by atoms with Crippen LogP contribution in [0.5, 0.6) is 0 Å². The third-order valence-corrected chi connectivity index (χ3v) is 6.02. The van der Waals surface area contributed by atoms with E-state index in [1.807, 2.05) is 68.8 Å². The molecule has 0 saturated carbocycles. The molecule has 1 amide bonds. The molecule has 0 aliphatic carbocycles. The zero-order valence-corrected chi connectivity index (χ0v) is 20.1. The molecule has 2 aromatic carbocycles. The highest BCUT2D eigenvalue weighted by molar-refractivity contribution is 5.95. The van der Waals surface area contributed by atoms with E-state index in [1.165, 1.54) is 11.1 Å². The Bertz CT molecular complexity index is 1250. The van der Waals surface area contributed by atoms with Gasteiger partial charge in [-0.3, -0.25) is 9.48 Å². The number of amides is 1. The standard InChI is InChI=1S/C28H31N5O/c1-19-10-12-22(13-11-19)20(2)16-29-27(23-8-6-5-7-9-23)28(34)32-26-15-14-25(21(3)31-26)24-17-30-33(4)18-24/h5-15,17-18,20,27,29H,16H2,1-4H3,(H,31,32,34)/t20-,27-/m0/s1. The average Bonchev–Trinajstić information content (AvgIpc) is 3.26. The van der Waals surface area contributed by atoms with Gasteiger partial charge in [0.05, 0.1) is 6.20 Å². The van der Waals surface area contributed by atoms with Crippen LogP contribution < -0.4 is 10.6 Å². The van der Waals surface area contributed by atoms with E-state index in [2.05, 4.69) is 58.8 Å². The fraction of sp³-hybridized carbons (Fsp3) is 0.250. The van der Waals surface area contributed by atoms with E-state index in [9.17, 15) is 4.79 Å². The van der Waals surface area contributed by atoms with Crippen LogP contribution in [0.1, 0.15) is 41.3 Å². The second-order valence-corrected chi connectivity index (χ2v) is 8.79. The summed E-state index contributed by atoms with van der Waals surface area (Å²) in [7, 11) is 1.89. The maximum absolute atomic E-state index is 13.3. The van der Waals surface area contributed by atoms with Gasteiger partial charge in [-0.05, 0) is 43.0 Å². The van der Waals surface area contributed by atoms with E-state index in [4.69, 9.17) is 0 Å². The summed E-state index contributed by atoms with van der Waals surface area (Å²) in [4.78, 5) is 18.0. The maximum Gasteiger partial charge on any atom is 0.247 e. The number of aromatic nitrogens is 3. The molecule has 0 bridgehead atoms. The van der Waals surface area contributed by atoms with Crippen LogP contribution in [0.25, 0.3) is 11.1 Å². The molecule has 0 aliphatic rings. The first-order valence-corrected chi connectivity index (χ1v) is 11.5. The minimum absolute atomic E-state index is 0.136. The van der Waals surface area contributed by atoms with Crippen LogP contribution in [0.15, 0.2) is 79.1 Å². The van der Waals surface area contributed by atoms with Crippen molar-refractivity contribution >= 4 is 11.7 Å². The number of rotatable bonds is 8. The van der Waals surface area contributed by atoms with Crippen molar-refractivity contribution in [2.24, 2.45) is 7.05 Å². The molecule has 2 atom stereocenters. The minimum Gasteiger partial charge on any atom is -0.309 e. The van der Waals surface area contributed by atoms with Crippen molar-refractivity contribution in [2.75, 3.05) is 11.9 Å².